The number of methoxy groups -OCH3 is 3. The van der Waals surface area contributed by atoms with Crippen LogP contribution in [-0.2, 0) is 20.2 Å². The van der Waals surface area contributed by atoms with Crippen molar-refractivity contribution in [2.45, 2.75) is 5.97 Å². The van der Waals surface area contributed by atoms with Crippen LogP contribution in [0.25, 0.3) is 0 Å². The Morgan fingerprint density at radius 1 is 1.15 bits per heavy atom. The molecule has 0 spiro atoms. The van der Waals surface area contributed by atoms with Crippen LogP contribution in [0.5, 0.6) is 0 Å². The molecule has 0 aliphatic heterocycles. The van der Waals surface area contributed by atoms with E-state index in [4.69, 9.17) is 14.2 Å². The van der Waals surface area contributed by atoms with Crippen LogP contribution in [0.15, 0.2) is 24.5 Å². The second-order valence-electron chi connectivity index (χ2n) is 2.41. The predicted octanol–water partition coefficient (Wildman–Crippen LogP) is 1.13. The highest BCUT2D eigenvalue weighted by Gasteiger charge is 2.32. The van der Waals surface area contributed by atoms with Crippen molar-refractivity contribution in [3.05, 3.63) is 30.1 Å². The Labute approximate surface area is 77.5 Å². The molecule has 13 heavy (non-hydrogen) atoms. The maximum absolute atomic E-state index is 5.14. The van der Waals surface area contributed by atoms with Crippen LogP contribution >= 0.6 is 0 Å². The maximum atomic E-state index is 5.14. The second kappa shape index (κ2) is 4.32. The monoisotopic (exact) mass is 183 g/mol. The van der Waals surface area contributed by atoms with Gasteiger partial charge in [-0.3, -0.25) is 4.98 Å². The van der Waals surface area contributed by atoms with Crippen molar-refractivity contribution in [2.75, 3.05) is 21.3 Å². The van der Waals surface area contributed by atoms with Gasteiger partial charge in [-0.05, 0) is 12.1 Å². The van der Waals surface area contributed by atoms with Gasteiger partial charge in [0, 0.05) is 33.7 Å². The molecule has 0 radical (unpaired) electrons. The van der Waals surface area contributed by atoms with Gasteiger partial charge < -0.3 is 14.2 Å². The third-order valence-electron chi connectivity index (χ3n) is 1.82. The van der Waals surface area contributed by atoms with Gasteiger partial charge >= 0.3 is 5.97 Å². The smallest absolute Gasteiger partial charge is 0.312 e. The molecule has 0 aliphatic rings. The lowest BCUT2D eigenvalue weighted by molar-refractivity contribution is -0.364. The van der Waals surface area contributed by atoms with Crippen LogP contribution < -0.4 is 0 Å². The fraction of sp³-hybridized carbons (Fsp3) is 0.444. The molecular formula is C9H13NO3. The molecule has 0 aromatic carbocycles. The van der Waals surface area contributed by atoms with Gasteiger partial charge in [-0.2, -0.15) is 0 Å². The van der Waals surface area contributed by atoms with E-state index in [2.05, 4.69) is 4.98 Å². The molecule has 1 aromatic heterocycles. The Hall–Kier alpha value is -0.970. The first kappa shape index (κ1) is 10.1. The number of hydrogen-bond donors (Lipinski definition) is 0. The van der Waals surface area contributed by atoms with Crippen molar-refractivity contribution in [2.24, 2.45) is 0 Å². The Balaban J connectivity index is 3.01. The van der Waals surface area contributed by atoms with E-state index in [1.807, 2.05) is 6.07 Å². The van der Waals surface area contributed by atoms with Gasteiger partial charge in [-0.25, -0.2) is 0 Å². The zero-order chi connectivity index (χ0) is 9.73. The maximum Gasteiger partial charge on any atom is 0.312 e. The highest BCUT2D eigenvalue weighted by molar-refractivity contribution is 5.12. The SMILES string of the molecule is COC(OC)(OC)c1cccnc1. The van der Waals surface area contributed by atoms with E-state index in [9.17, 15) is 0 Å². The first-order valence-corrected chi connectivity index (χ1v) is 3.85. The topological polar surface area (TPSA) is 40.6 Å². The van der Waals surface area contributed by atoms with E-state index >= 15 is 0 Å². The fourth-order valence-electron chi connectivity index (χ4n) is 1.15. The molecular weight excluding hydrogens is 170 g/mol. The number of rotatable bonds is 4. The number of aromatic nitrogens is 1. The van der Waals surface area contributed by atoms with Crippen LogP contribution in [0.3, 0.4) is 0 Å². The second-order valence-corrected chi connectivity index (χ2v) is 2.41. The molecule has 0 saturated carbocycles. The van der Waals surface area contributed by atoms with E-state index in [0.29, 0.717) is 0 Å². The minimum Gasteiger partial charge on any atom is -0.327 e. The largest absolute Gasteiger partial charge is 0.327 e. The van der Waals surface area contributed by atoms with Crippen LogP contribution in [0.4, 0.5) is 0 Å². The molecule has 0 aliphatic carbocycles. The lowest BCUT2D eigenvalue weighted by Crippen LogP contribution is -2.32. The van der Waals surface area contributed by atoms with Crippen molar-refractivity contribution in [3.63, 3.8) is 0 Å². The van der Waals surface area contributed by atoms with E-state index in [1.54, 1.807) is 18.5 Å². The number of nitrogens with zero attached hydrogens (tertiary/aromatic N) is 1. The summed E-state index contributed by atoms with van der Waals surface area (Å²) in [6, 6.07) is 3.62. The normalized spacial score (nSPS) is 11.6. The van der Waals surface area contributed by atoms with E-state index in [1.165, 1.54) is 21.3 Å². The lowest BCUT2D eigenvalue weighted by atomic mass is 10.2. The number of pyridine rings is 1. The molecule has 0 fully saturated rings. The van der Waals surface area contributed by atoms with E-state index in [-0.39, 0.29) is 0 Å². The molecule has 1 heterocycles. The van der Waals surface area contributed by atoms with Gasteiger partial charge in [0.05, 0.1) is 5.56 Å². The fourth-order valence-corrected chi connectivity index (χ4v) is 1.15. The van der Waals surface area contributed by atoms with Gasteiger partial charge in [0.15, 0.2) is 0 Å². The average molecular weight is 183 g/mol. The van der Waals surface area contributed by atoms with Gasteiger partial charge in [0.25, 0.3) is 0 Å². The summed E-state index contributed by atoms with van der Waals surface area (Å²) >= 11 is 0. The summed E-state index contributed by atoms with van der Waals surface area (Å²) in [6.45, 7) is 0. The zero-order valence-corrected chi connectivity index (χ0v) is 7.98. The molecule has 0 N–H and O–H groups in total. The van der Waals surface area contributed by atoms with Gasteiger partial charge in [0.1, 0.15) is 0 Å². The molecule has 1 rings (SSSR count). The van der Waals surface area contributed by atoms with Crippen molar-refractivity contribution in [3.8, 4) is 0 Å². The Morgan fingerprint density at radius 2 is 1.77 bits per heavy atom. The molecule has 4 nitrogen and oxygen atoms in total. The molecule has 0 amide bonds. The molecule has 0 atom stereocenters. The summed E-state index contributed by atoms with van der Waals surface area (Å²) in [4.78, 5) is 3.95. The summed E-state index contributed by atoms with van der Waals surface area (Å²) in [7, 11) is 4.54. The van der Waals surface area contributed by atoms with Gasteiger partial charge in [-0.15, -0.1) is 0 Å². The third-order valence-corrected chi connectivity index (χ3v) is 1.82. The van der Waals surface area contributed by atoms with E-state index < -0.39 is 5.97 Å². The number of hydrogen-bond acceptors (Lipinski definition) is 4. The Morgan fingerprint density at radius 3 is 2.15 bits per heavy atom. The molecule has 0 unspecified atom stereocenters. The minimum atomic E-state index is -1.14. The van der Waals surface area contributed by atoms with Crippen molar-refractivity contribution in [1.29, 1.82) is 0 Å². The Kier molecular flexibility index (Phi) is 3.36. The zero-order valence-electron chi connectivity index (χ0n) is 7.98. The highest BCUT2D eigenvalue weighted by Crippen LogP contribution is 2.25. The van der Waals surface area contributed by atoms with Gasteiger partial charge in [-0.1, -0.05) is 0 Å². The molecule has 0 bridgehead atoms. The summed E-state index contributed by atoms with van der Waals surface area (Å²) in [6.07, 6.45) is 3.31. The van der Waals surface area contributed by atoms with Crippen LogP contribution in [-0.4, -0.2) is 26.3 Å². The quantitative estimate of drug-likeness (QED) is 0.656. The lowest BCUT2D eigenvalue weighted by Gasteiger charge is -2.28. The summed E-state index contributed by atoms with van der Waals surface area (Å²) in [5, 5.41) is 0. The van der Waals surface area contributed by atoms with Crippen molar-refractivity contribution in [1.82, 2.24) is 4.98 Å². The standard InChI is InChI=1S/C9H13NO3/c1-11-9(12-2,13-3)8-5-4-6-10-7-8/h4-7H,1-3H3. The first-order valence-electron chi connectivity index (χ1n) is 3.85. The van der Waals surface area contributed by atoms with E-state index in [0.717, 1.165) is 5.56 Å². The van der Waals surface area contributed by atoms with Crippen LogP contribution in [0.2, 0.25) is 0 Å². The number of ether oxygens (including phenoxy) is 3. The minimum absolute atomic E-state index is 0.725. The summed E-state index contributed by atoms with van der Waals surface area (Å²) < 4.78 is 15.4. The third kappa shape index (κ3) is 1.85. The molecule has 4 heteroatoms. The summed E-state index contributed by atoms with van der Waals surface area (Å²) in [5.41, 5.74) is 0.725. The molecule has 0 saturated heterocycles. The molecule has 72 valence electrons. The summed E-state index contributed by atoms with van der Waals surface area (Å²) in [5.74, 6) is -1.14. The van der Waals surface area contributed by atoms with Crippen molar-refractivity contribution < 1.29 is 14.2 Å². The van der Waals surface area contributed by atoms with Gasteiger partial charge in [0.2, 0.25) is 0 Å². The Bertz CT molecular complexity index is 238. The van der Waals surface area contributed by atoms with Crippen molar-refractivity contribution >= 4 is 0 Å². The van der Waals surface area contributed by atoms with Crippen LogP contribution in [0.1, 0.15) is 5.56 Å². The van der Waals surface area contributed by atoms with Crippen LogP contribution in [0, 0.1) is 0 Å². The predicted molar refractivity (Wildman–Crippen MR) is 46.9 cm³/mol. The highest BCUT2D eigenvalue weighted by atomic mass is 16.9. The average Bonchev–Trinajstić information content (AvgIpc) is 2.23. The molecule has 1 aromatic rings. The first-order chi connectivity index (χ1) is 6.29.